The SMILES string of the molecule is C=CCN(C)Cc1ccco1. The Morgan fingerprint density at radius 3 is 3.09 bits per heavy atom. The number of hydrogen-bond donors (Lipinski definition) is 0. The molecule has 1 heterocycles. The molecular weight excluding hydrogens is 138 g/mol. The summed E-state index contributed by atoms with van der Waals surface area (Å²) in [5.41, 5.74) is 0. The second kappa shape index (κ2) is 3.98. The van der Waals surface area contributed by atoms with E-state index >= 15 is 0 Å². The summed E-state index contributed by atoms with van der Waals surface area (Å²) in [4.78, 5) is 2.13. The minimum atomic E-state index is 0.846. The molecule has 11 heavy (non-hydrogen) atoms. The third kappa shape index (κ3) is 2.60. The van der Waals surface area contributed by atoms with Crippen molar-refractivity contribution in [2.24, 2.45) is 0 Å². The van der Waals surface area contributed by atoms with Gasteiger partial charge in [-0.2, -0.15) is 0 Å². The van der Waals surface area contributed by atoms with Crippen molar-refractivity contribution in [3.8, 4) is 0 Å². The first-order valence-corrected chi connectivity index (χ1v) is 3.64. The standard InChI is InChI=1S/C9H13NO/c1-3-6-10(2)8-9-5-4-7-11-9/h3-5,7H,1,6,8H2,2H3. The lowest BCUT2D eigenvalue weighted by atomic mass is 10.4. The van der Waals surface area contributed by atoms with Gasteiger partial charge in [-0.25, -0.2) is 0 Å². The van der Waals surface area contributed by atoms with Gasteiger partial charge in [0.1, 0.15) is 5.76 Å². The van der Waals surface area contributed by atoms with Crippen LogP contribution in [0.3, 0.4) is 0 Å². The molecule has 0 aliphatic carbocycles. The van der Waals surface area contributed by atoms with E-state index in [-0.39, 0.29) is 0 Å². The lowest BCUT2D eigenvalue weighted by Gasteiger charge is -2.11. The molecule has 60 valence electrons. The van der Waals surface area contributed by atoms with Gasteiger partial charge in [0.2, 0.25) is 0 Å². The minimum Gasteiger partial charge on any atom is -0.468 e. The molecule has 1 aromatic rings. The fraction of sp³-hybridized carbons (Fsp3) is 0.333. The Morgan fingerprint density at radius 2 is 2.55 bits per heavy atom. The van der Waals surface area contributed by atoms with Crippen molar-refractivity contribution >= 4 is 0 Å². The molecule has 0 unspecified atom stereocenters. The van der Waals surface area contributed by atoms with Crippen LogP contribution >= 0.6 is 0 Å². The van der Waals surface area contributed by atoms with Gasteiger partial charge in [-0.05, 0) is 19.2 Å². The summed E-state index contributed by atoms with van der Waals surface area (Å²) in [5, 5.41) is 0. The van der Waals surface area contributed by atoms with Crippen molar-refractivity contribution in [3.63, 3.8) is 0 Å². The van der Waals surface area contributed by atoms with Crippen LogP contribution in [0, 0.1) is 0 Å². The summed E-state index contributed by atoms with van der Waals surface area (Å²) in [6, 6.07) is 3.87. The molecule has 0 aliphatic heterocycles. The van der Waals surface area contributed by atoms with Gasteiger partial charge in [-0.1, -0.05) is 6.08 Å². The fourth-order valence-corrected chi connectivity index (χ4v) is 0.954. The molecule has 2 heteroatoms. The largest absolute Gasteiger partial charge is 0.468 e. The summed E-state index contributed by atoms with van der Waals surface area (Å²) < 4.78 is 5.17. The molecule has 0 amide bonds. The van der Waals surface area contributed by atoms with E-state index in [2.05, 4.69) is 11.5 Å². The highest BCUT2D eigenvalue weighted by Crippen LogP contribution is 2.02. The first kappa shape index (κ1) is 8.08. The molecule has 2 nitrogen and oxygen atoms in total. The molecule has 0 saturated carbocycles. The van der Waals surface area contributed by atoms with Crippen LogP contribution < -0.4 is 0 Å². The van der Waals surface area contributed by atoms with Gasteiger partial charge in [-0.15, -0.1) is 6.58 Å². The zero-order valence-electron chi connectivity index (χ0n) is 6.79. The monoisotopic (exact) mass is 151 g/mol. The van der Waals surface area contributed by atoms with Crippen LogP contribution in [0.5, 0.6) is 0 Å². The minimum absolute atomic E-state index is 0.846. The number of nitrogens with zero attached hydrogens (tertiary/aromatic N) is 1. The van der Waals surface area contributed by atoms with E-state index in [1.54, 1.807) is 6.26 Å². The predicted octanol–water partition coefficient (Wildman–Crippen LogP) is 1.90. The second-order valence-corrected chi connectivity index (χ2v) is 2.56. The molecule has 0 atom stereocenters. The topological polar surface area (TPSA) is 16.4 Å². The summed E-state index contributed by atoms with van der Waals surface area (Å²) >= 11 is 0. The van der Waals surface area contributed by atoms with Crippen LogP contribution in [0.4, 0.5) is 0 Å². The van der Waals surface area contributed by atoms with Crippen LogP contribution in [-0.2, 0) is 6.54 Å². The third-order valence-electron chi connectivity index (χ3n) is 1.45. The van der Waals surface area contributed by atoms with E-state index in [0.717, 1.165) is 18.8 Å². The summed E-state index contributed by atoms with van der Waals surface area (Å²) in [6.45, 7) is 5.39. The van der Waals surface area contributed by atoms with E-state index in [4.69, 9.17) is 4.42 Å². The maximum absolute atomic E-state index is 5.17. The predicted molar refractivity (Wildman–Crippen MR) is 45.2 cm³/mol. The summed E-state index contributed by atoms with van der Waals surface area (Å²) in [5.74, 6) is 0.995. The molecule has 1 aromatic heterocycles. The van der Waals surface area contributed by atoms with Gasteiger partial charge in [-0.3, -0.25) is 4.90 Å². The lowest BCUT2D eigenvalue weighted by molar-refractivity contribution is 0.323. The molecule has 0 spiro atoms. The summed E-state index contributed by atoms with van der Waals surface area (Å²) in [6.07, 6.45) is 3.57. The first-order chi connectivity index (χ1) is 5.33. The first-order valence-electron chi connectivity index (χ1n) is 3.64. The van der Waals surface area contributed by atoms with Crippen LogP contribution in [0.25, 0.3) is 0 Å². The number of furan rings is 1. The molecule has 0 radical (unpaired) electrons. The van der Waals surface area contributed by atoms with Crippen LogP contribution in [0.15, 0.2) is 35.5 Å². The highest BCUT2D eigenvalue weighted by molar-refractivity contribution is 4.97. The Morgan fingerprint density at radius 1 is 1.73 bits per heavy atom. The van der Waals surface area contributed by atoms with Crippen LogP contribution in [0.1, 0.15) is 5.76 Å². The lowest BCUT2D eigenvalue weighted by Crippen LogP contribution is -2.16. The fourth-order valence-electron chi connectivity index (χ4n) is 0.954. The zero-order valence-corrected chi connectivity index (χ0v) is 6.79. The van der Waals surface area contributed by atoms with Crippen LogP contribution in [0.2, 0.25) is 0 Å². The maximum atomic E-state index is 5.17. The van der Waals surface area contributed by atoms with E-state index < -0.39 is 0 Å². The average molecular weight is 151 g/mol. The van der Waals surface area contributed by atoms with Gasteiger partial charge in [0, 0.05) is 6.54 Å². The Balaban J connectivity index is 2.37. The molecule has 0 saturated heterocycles. The molecule has 1 rings (SSSR count). The Bertz CT molecular complexity index is 203. The molecular formula is C9H13NO. The van der Waals surface area contributed by atoms with Crippen LogP contribution in [-0.4, -0.2) is 18.5 Å². The van der Waals surface area contributed by atoms with E-state index in [1.165, 1.54) is 0 Å². The van der Waals surface area contributed by atoms with Crippen molar-refractivity contribution in [2.75, 3.05) is 13.6 Å². The number of likely N-dealkylation sites (N-methyl/N-ethyl adjacent to an activating group) is 1. The third-order valence-corrected chi connectivity index (χ3v) is 1.45. The van der Waals surface area contributed by atoms with Gasteiger partial charge >= 0.3 is 0 Å². The van der Waals surface area contributed by atoms with E-state index in [0.29, 0.717) is 0 Å². The Labute approximate surface area is 67.1 Å². The van der Waals surface area contributed by atoms with Crippen molar-refractivity contribution in [3.05, 3.63) is 36.8 Å². The molecule has 0 aromatic carbocycles. The van der Waals surface area contributed by atoms with Gasteiger partial charge in [0.15, 0.2) is 0 Å². The van der Waals surface area contributed by atoms with Crippen molar-refractivity contribution in [2.45, 2.75) is 6.54 Å². The van der Waals surface area contributed by atoms with Crippen molar-refractivity contribution in [1.29, 1.82) is 0 Å². The van der Waals surface area contributed by atoms with E-state index in [9.17, 15) is 0 Å². The smallest absolute Gasteiger partial charge is 0.117 e. The highest BCUT2D eigenvalue weighted by atomic mass is 16.3. The maximum Gasteiger partial charge on any atom is 0.117 e. The van der Waals surface area contributed by atoms with Crippen molar-refractivity contribution < 1.29 is 4.42 Å². The Kier molecular flexibility index (Phi) is 2.93. The molecule has 0 fully saturated rings. The second-order valence-electron chi connectivity index (χ2n) is 2.56. The Hall–Kier alpha value is -1.02. The molecule has 0 bridgehead atoms. The molecule has 0 N–H and O–H groups in total. The zero-order chi connectivity index (χ0) is 8.10. The number of hydrogen-bond acceptors (Lipinski definition) is 2. The number of rotatable bonds is 4. The molecule has 0 aliphatic rings. The average Bonchev–Trinajstić information content (AvgIpc) is 2.40. The normalized spacial score (nSPS) is 10.4. The quantitative estimate of drug-likeness (QED) is 0.611. The van der Waals surface area contributed by atoms with Gasteiger partial charge < -0.3 is 4.42 Å². The van der Waals surface area contributed by atoms with Gasteiger partial charge in [0.25, 0.3) is 0 Å². The van der Waals surface area contributed by atoms with E-state index in [1.807, 2.05) is 25.3 Å². The van der Waals surface area contributed by atoms with Crippen molar-refractivity contribution in [1.82, 2.24) is 4.90 Å². The van der Waals surface area contributed by atoms with Gasteiger partial charge in [0.05, 0.1) is 12.8 Å². The summed E-state index contributed by atoms with van der Waals surface area (Å²) in [7, 11) is 2.03. The highest BCUT2D eigenvalue weighted by Gasteiger charge is 1.98.